The van der Waals surface area contributed by atoms with Gasteiger partial charge in [-0.25, -0.2) is 0 Å². The first-order chi connectivity index (χ1) is 6.74. The van der Waals surface area contributed by atoms with Crippen molar-refractivity contribution >= 4 is 23.1 Å². The van der Waals surface area contributed by atoms with Gasteiger partial charge >= 0.3 is 0 Å². The quantitative estimate of drug-likeness (QED) is 0.710. The highest BCUT2D eigenvalue weighted by Gasteiger charge is 2.21. The number of carbonyl (C=O) groups is 1. The van der Waals surface area contributed by atoms with Crippen molar-refractivity contribution in [3.8, 4) is 0 Å². The second kappa shape index (κ2) is 4.19. The third-order valence-corrected chi connectivity index (χ3v) is 2.57. The summed E-state index contributed by atoms with van der Waals surface area (Å²) < 4.78 is 5.49. The van der Waals surface area contributed by atoms with Gasteiger partial charge in [-0.1, -0.05) is 12.2 Å². The maximum atomic E-state index is 11.1. The molecule has 0 unspecified atom stereocenters. The number of rotatable bonds is 4. The molecule has 1 aliphatic carbocycles. The van der Waals surface area contributed by atoms with E-state index in [2.05, 4.69) is 5.32 Å². The Morgan fingerprint density at radius 1 is 1.57 bits per heavy atom. The number of amides is 1. The lowest BCUT2D eigenvalue weighted by molar-refractivity contribution is -0.115. The molecule has 0 aromatic carbocycles. The molecule has 1 fully saturated rings. The van der Waals surface area contributed by atoms with Gasteiger partial charge in [0.1, 0.15) is 0 Å². The van der Waals surface area contributed by atoms with Crippen LogP contribution in [0.1, 0.15) is 19.3 Å². The minimum absolute atomic E-state index is 0.119. The first kappa shape index (κ1) is 9.80. The predicted molar refractivity (Wildman–Crippen MR) is 57.0 cm³/mol. The molecule has 0 atom stereocenters. The van der Waals surface area contributed by atoms with E-state index < -0.39 is 0 Å². The molecule has 1 heterocycles. The molecule has 2 rings (SSSR count). The Morgan fingerprint density at radius 3 is 3.00 bits per heavy atom. The third kappa shape index (κ3) is 2.89. The van der Waals surface area contributed by atoms with Crippen LogP contribution in [-0.4, -0.2) is 24.1 Å². The number of carbonyl (C=O) groups excluding carboxylic acids is 1. The largest absolute Gasteiger partial charge is 0.377 e. The van der Waals surface area contributed by atoms with Crippen molar-refractivity contribution in [1.82, 2.24) is 5.32 Å². The van der Waals surface area contributed by atoms with Gasteiger partial charge in [0.15, 0.2) is 0 Å². The number of nitrogens with one attached hydrogen (secondary N) is 1. The van der Waals surface area contributed by atoms with Crippen LogP contribution in [0.3, 0.4) is 0 Å². The SMILES string of the molecule is O=C1C=C(COCC2CC2)CC(=S)N1. The fraction of sp³-hybridized carbons (Fsp3) is 0.600. The van der Waals surface area contributed by atoms with Crippen LogP contribution in [0.5, 0.6) is 0 Å². The molecule has 0 saturated heterocycles. The summed E-state index contributed by atoms with van der Waals surface area (Å²) in [5.74, 6) is 0.645. The van der Waals surface area contributed by atoms with E-state index in [0.717, 1.165) is 18.1 Å². The minimum atomic E-state index is -0.119. The Bertz CT molecular complexity index is 294. The highest BCUT2D eigenvalue weighted by atomic mass is 32.1. The second-order valence-electron chi connectivity index (χ2n) is 3.85. The van der Waals surface area contributed by atoms with Gasteiger partial charge in [-0.2, -0.15) is 0 Å². The lowest BCUT2D eigenvalue weighted by Gasteiger charge is -2.14. The van der Waals surface area contributed by atoms with Gasteiger partial charge in [-0.3, -0.25) is 4.79 Å². The molecule has 0 bridgehead atoms. The Morgan fingerprint density at radius 2 is 2.36 bits per heavy atom. The van der Waals surface area contributed by atoms with Crippen LogP contribution >= 0.6 is 12.2 Å². The Kier molecular flexibility index (Phi) is 2.93. The van der Waals surface area contributed by atoms with E-state index in [1.54, 1.807) is 6.08 Å². The molecule has 1 aliphatic heterocycles. The fourth-order valence-corrected chi connectivity index (χ4v) is 1.68. The summed E-state index contributed by atoms with van der Waals surface area (Å²) in [6, 6.07) is 0. The van der Waals surface area contributed by atoms with Gasteiger partial charge in [0.25, 0.3) is 0 Å². The number of hydrogen-bond acceptors (Lipinski definition) is 3. The van der Waals surface area contributed by atoms with Crippen molar-refractivity contribution in [3.63, 3.8) is 0 Å². The van der Waals surface area contributed by atoms with E-state index in [1.165, 1.54) is 12.8 Å². The summed E-state index contributed by atoms with van der Waals surface area (Å²) in [4.78, 5) is 11.7. The Balaban J connectivity index is 1.77. The van der Waals surface area contributed by atoms with Crippen molar-refractivity contribution in [1.29, 1.82) is 0 Å². The highest BCUT2D eigenvalue weighted by Crippen LogP contribution is 2.29. The number of hydrogen-bond donors (Lipinski definition) is 1. The van der Waals surface area contributed by atoms with Crippen molar-refractivity contribution in [3.05, 3.63) is 11.6 Å². The predicted octanol–water partition coefficient (Wildman–Crippen LogP) is 1.19. The molecule has 1 N–H and O–H groups in total. The highest BCUT2D eigenvalue weighted by molar-refractivity contribution is 7.80. The van der Waals surface area contributed by atoms with Crippen molar-refractivity contribution in [2.75, 3.05) is 13.2 Å². The molecule has 4 heteroatoms. The van der Waals surface area contributed by atoms with E-state index in [4.69, 9.17) is 17.0 Å². The van der Waals surface area contributed by atoms with Gasteiger partial charge in [-0.05, 0) is 24.3 Å². The Hall–Kier alpha value is -0.740. The topological polar surface area (TPSA) is 38.3 Å². The number of ether oxygens (including phenoxy) is 1. The number of thiocarbonyl (C=S) groups is 1. The lowest BCUT2D eigenvalue weighted by atomic mass is 10.1. The molecule has 2 aliphatic rings. The van der Waals surface area contributed by atoms with Crippen LogP contribution in [0.25, 0.3) is 0 Å². The van der Waals surface area contributed by atoms with Gasteiger partial charge in [0, 0.05) is 19.1 Å². The summed E-state index contributed by atoms with van der Waals surface area (Å²) in [5.41, 5.74) is 0.986. The van der Waals surface area contributed by atoms with E-state index >= 15 is 0 Å². The average Bonchev–Trinajstić information content (AvgIpc) is 2.86. The smallest absolute Gasteiger partial charge is 0.248 e. The van der Waals surface area contributed by atoms with E-state index in [9.17, 15) is 4.79 Å². The van der Waals surface area contributed by atoms with Crippen LogP contribution in [-0.2, 0) is 9.53 Å². The van der Waals surface area contributed by atoms with E-state index in [0.29, 0.717) is 18.0 Å². The first-order valence-corrected chi connectivity index (χ1v) is 5.26. The van der Waals surface area contributed by atoms with Crippen LogP contribution in [0.15, 0.2) is 11.6 Å². The van der Waals surface area contributed by atoms with Crippen LogP contribution in [0, 0.1) is 5.92 Å². The fourth-order valence-electron chi connectivity index (χ4n) is 1.39. The van der Waals surface area contributed by atoms with E-state index in [-0.39, 0.29) is 5.91 Å². The van der Waals surface area contributed by atoms with Crippen molar-refractivity contribution < 1.29 is 9.53 Å². The lowest BCUT2D eigenvalue weighted by Crippen LogP contribution is -2.32. The zero-order valence-electron chi connectivity index (χ0n) is 7.91. The van der Waals surface area contributed by atoms with Crippen LogP contribution in [0.2, 0.25) is 0 Å². The minimum Gasteiger partial charge on any atom is -0.377 e. The normalized spacial score (nSPS) is 21.9. The summed E-state index contributed by atoms with van der Waals surface area (Å²) in [6.45, 7) is 1.37. The van der Waals surface area contributed by atoms with Gasteiger partial charge in [0.2, 0.25) is 5.91 Å². The summed E-state index contributed by atoms with van der Waals surface area (Å²) in [6.07, 6.45) is 4.82. The Labute approximate surface area is 88.5 Å². The molecule has 1 saturated carbocycles. The molecule has 76 valence electrons. The molecule has 14 heavy (non-hydrogen) atoms. The summed E-state index contributed by atoms with van der Waals surface area (Å²) >= 11 is 4.95. The first-order valence-electron chi connectivity index (χ1n) is 4.85. The van der Waals surface area contributed by atoms with Crippen molar-refractivity contribution in [2.24, 2.45) is 5.92 Å². The molecule has 0 aromatic rings. The molecule has 0 radical (unpaired) electrons. The second-order valence-corrected chi connectivity index (χ2v) is 4.34. The summed E-state index contributed by atoms with van der Waals surface area (Å²) in [7, 11) is 0. The van der Waals surface area contributed by atoms with Gasteiger partial charge in [0.05, 0.1) is 11.6 Å². The molecule has 0 aromatic heterocycles. The van der Waals surface area contributed by atoms with E-state index in [1.807, 2.05) is 0 Å². The molecule has 3 nitrogen and oxygen atoms in total. The van der Waals surface area contributed by atoms with Gasteiger partial charge < -0.3 is 10.1 Å². The maximum Gasteiger partial charge on any atom is 0.248 e. The van der Waals surface area contributed by atoms with Gasteiger partial charge in [-0.15, -0.1) is 0 Å². The van der Waals surface area contributed by atoms with Crippen LogP contribution in [0.4, 0.5) is 0 Å². The standard InChI is InChI=1S/C10H13NO2S/c12-9-3-8(4-10(14)11-9)6-13-5-7-1-2-7/h3,7H,1-2,4-6H2,(H,11,12,14). The molecular weight excluding hydrogens is 198 g/mol. The maximum absolute atomic E-state index is 11.1. The zero-order chi connectivity index (χ0) is 9.97. The summed E-state index contributed by atoms with van der Waals surface area (Å²) in [5, 5.41) is 2.58. The zero-order valence-corrected chi connectivity index (χ0v) is 8.73. The molecular formula is C10H13NO2S. The molecule has 0 spiro atoms. The molecule has 1 amide bonds. The van der Waals surface area contributed by atoms with Crippen LogP contribution < -0.4 is 5.32 Å². The third-order valence-electron chi connectivity index (χ3n) is 2.32. The van der Waals surface area contributed by atoms with Crippen molar-refractivity contribution in [2.45, 2.75) is 19.3 Å². The average molecular weight is 211 g/mol. The monoisotopic (exact) mass is 211 g/mol.